The number of aryl methyl sites for hydroxylation is 1. The maximum Gasteiger partial charge on any atom is 0.224 e. The molecule has 17 heavy (non-hydrogen) atoms. The van der Waals surface area contributed by atoms with E-state index in [-0.39, 0.29) is 0 Å². The molecule has 0 aliphatic rings. The number of para-hydroxylation sites is 1. The lowest BCUT2D eigenvalue weighted by atomic mass is 10.2. The van der Waals surface area contributed by atoms with Crippen LogP contribution in [-0.4, -0.2) is 16.5 Å². The number of nitrogens with one attached hydrogen (secondary N) is 2. The zero-order valence-electron chi connectivity index (χ0n) is 10.1. The molecule has 0 radical (unpaired) electrons. The number of hydrogen-bond donors (Lipinski definition) is 2. The summed E-state index contributed by atoms with van der Waals surface area (Å²) in [6.45, 7) is 4.90. The first-order valence-electron chi connectivity index (χ1n) is 5.69. The van der Waals surface area contributed by atoms with Gasteiger partial charge in [-0.1, -0.05) is 18.2 Å². The van der Waals surface area contributed by atoms with Gasteiger partial charge in [0, 0.05) is 18.4 Å². The highest BCUT2D eigenvalue weighted by atomic mass is 15.1. The van der Waals surface area contributed by atoms with Gasteiger partial charge in [0.2, 0.25) is 5.95 Å². The van der Waals surface area contributed by atoms with Crippen LogP contribution in [0.3, 0.4) is 0 Å². The molecule has 0 saturated heterocycles. The summed E-state index contributed by atoms with van der Waals surface area (Å²) >= 11 is 0. The molecule has 0 aliphatic heterocycles. The summed E-state index contributed by atoms with van der Waals surface area (Å²) < 4.78 is 0. The Hall–Kier alpha value is -2.10. The van der Waals surface area contributed by atoms with Gasteiger partial charge in [0.15, 0.2) is 0 Å². The van der Waals surface area contributed by atoms with Crippen LogP contribution in [0.4, 0.5) is 17.5 Å². The number of anilines is 3. The molecule has 0 fully saturated rings. The number of hydrogen-bond acceptors (Lipinski definition) is 4. The summed E-state index contributed by atoms with van der Waals surface area (Å²) in [6.07, 6.45) is 1.74. The second-order valence-corrected chi connectivity index (χ2v) is 3.74. The predicted octanol–water partition coefficient (Wildman–Crippen LogP) is 2.96. The van der Waals surface area contributed by atoms with E-state index in [0.29, 0.717) is 5.95 Å². The van der Waals surface area contributed by atoms with Gasteiger partial charge in [-0.15, -0.1) is 0 Å². The van der Waals surface area contributed by atoms with Crippen LogP contribution in [0.1, 0.15) is 12.5 Å². The van der Waals surface area contributed by atoms with Crippen molar-refractivity contribution in [2.45, 2.75) is 13.8 Å². The fourth-order valence-corrected chi connectivity index (χ4v) is 1.52. The lowest BCUT2D eigenvalue weighted by Gasteiger charge is -2.09. The second kappa shape index (κ2) is 5.30. The quantitative estimate of drug-likeness (QED) is 0.844. The highest BCUT2D eigenvalue weighted by Crippen LogP contribution is 2.18. The van der Waals surface area contributed by atoms with Gasteiger partial charge in [-0.3, -0.25) is 0 Å². The van der Waals surface area contributed by atoms with Crippen LogP contribution < -0.4 is 10.6 Å². The highest BCUT2D eigenvalue weighted by molar-refractivity contribution is 5.60. The van der Waals surface area contributed by atoms with Crippen LogP contribution in [0.2, 0.25) is 0 Å². The molecule has 0 saturated carbocycles. The summed E-state index contributed by atoms with van der Waals surface area (Å²) in [5, 5.41) is 6.37. The first-order chi connectivity index (χ1) is 8.29. The lowest BCUT2D eigenvalue weighted by molar-refractivity contribution is 1.09. The molecule has 4 nitrogen and oxygen atoms in total. The van der Waals surface area contributed by atoms with Crippen LogP contribution >= 0.6 is 0 Å². The molecule has 0 bridgehead atoms. The summed E-state index contributed by atoms with van der Waals surface area (Å²) in [4.78, 5) is 8.50. The summed E-state index contributed by atoms with van der Waals surface area (Å²) in [5.74, 6) is 1.44. The van der Waals surface area contributed by atoms with Crippen molar-refractivity contribution in [2.75, 3.05) is 17.2 Å². The van der Waals surface area contributed by atoms with Crippen molar-refractivity contribution in [1.82, 2.24) is 9.97 Å². The van der Waals surface area contributed by atoms with Gasteiger partial charge in [0.1, 0.15) is 5.82 Å². The van der Waals surface area contributed by atoms with E-state index in [1.807, 2.05) is 31.2 Å². The van der Waals surface area contributed by atoms with E-state index in [2.05, 4.69) is 33.6 Å². The Kier molecular flexibility index (Phi) is 3.55. The molecule has 0 unspecified atom stereocenters. The van der Waals surface area contributed by atoms with Crippen LogP contribution in [0.5, 0.6) is 0 Å². The van der Waals surface area contributed by atoms with Gasteiger partial charge in [-0.25, -0.2) is 4.98 Å². The Morgan fingerprint density at radius 2 is 2.00 bits per heavy atom. The normalized spacial score (nSPS) is 10.0. The fourth-order valence-electron chi connectivity index (χ4n) is 1.52. The van der Waals surface area contributed by atoms with Gasteiger partial charge >= 0.3 is 0 Å². The Bertz CT molecular complexity index is 496. The molecule has 4 heteroatoms. The highest BCUT2D eigenvalue weighted by Gasteiger charge is 2.00. The average molecular weight is 228 g/mol. The molecule has 0 atom stereocenters. The minimum absolute atomic E-state index is 0.645. The van der Waals surface area contributed by atoms with Crippen molar-refractivity contribution in [1.29, 1.82) is 0 Å². The van der Waals surface area contributed by atoms with Crippen LogP contribution in [0.25, 0.3) is 0 Å². The Morgan fingerprint density at radius 3 is 2.76 bits per heavy atom. The third-order valence-electron chi connectivity index (χ3n) is 2.40. The van der Waals surface area contributed by atoms with E-state index < -0.39 is 0 Å². The van der Waals surface area contributed by atoms with Crippen molar-refractivity contribution < 1.29 is 0 Å². The number of nitrogens with zero attached hydrogens (tertiary/aromatic N) is 2. The number of benzene rings is 1. The first-order valence-corrected chi connectivity index (χ1v) is 5.69. The van der Waals surface area contributed by atoms with E-state index >= 15 is 0 Å². The van der Waals surface area contributed by atoms with E-state index in [4.69, 9.17) is 0 Å². The van der Waals surface area contributed by atoms with Gasteiger partial charge in [0.05, 0.1) is 0 Å². The third-order valence-corrected chi connectivity index (χ3v) is 2.40. The van der Waals surface area contributed by atoms with Crippen LogP contribution in [0.15, 0.2) is 36.5 Å². The Labute approximate surface area is 101 Å². The van der Waals surface area contributed by atoms with Crippen LogP contribution in [0, 0.1) is 6.92 Å². The molecular formula is C13H16N4. The average Bonchev–Trinajstić information content (AvgIpc) is 2.33. The predicted molar refractivity (Wildman–Crippen MR) is 70.7 cm³/mol. The molecule has 2 rings (SSSR count). The first kappa shape index (κ1) is 11.4. The Morgan fingerprint density at radius 1 is 1.18 bits per heavy atom. The molecule has 2 aromatic rings. The van der Waals surface area contributed by atoms with Crippen molar-refractivity contribution >= 4 is 17.5 Å². The van der Waals surface area contributed by atoms with Crippen molar-refractivity contribution in [3.8, 4) is 0 Å². The molecule has 0 spiro atoms. The largest absolute Gasteiger partial charge is 0.354 e. The van der Waals surface area contributed by atoms with E-state index in [1.165, 1.54) is 5.56 Å². The minimum Gasteiger partial charge on any atom is -0.354 e. The molecule has 2 N–H and O–H groups in total. The third kappa shape index (κ3) is 2.93. The van der Waals surface area contributed by atoms with E-state index in [0.717, 1.165) is 18.1 Å². The number of rotatable bonds is 4. The lowest BCUT2D eigenvalue weighted by Crippen LogP contribution is -2.03. The summed E-state index contributed by atoms with van der Waals surface area (Å²) in [6, 6.07) is 9.97. The van der Waals surface area contributed by atoms with Gasteiger partial charge in [0.25, 0.3) is 0 Å². The van der Waals surface area contributed by atoms with E-state index in [9.17, 15) is 0 Å². The molecule has 1 heterocycles. The fraction of sp³-hybridized carbons (Fsp3) is 0.231. The smallest absolute Gasteiger partial charge is 0.224 e. The maximum absolute atomic E-state index is 4.37. The maximum atomic E-state index is 4.37. The Balaban J connectivity index is 2.18. The zero-order valence-corrected chi connectivity index (χ0v) is 10.1. The van der Waals surface area contributed by atoms with Crippen molar-refractivity contribution in [2.24, 2.45) is 0 Å². The minimum atomic E-state index is 0.645. The molecule has 0 amide bonds. The topological polar surface area (TPSA) is 49.8 Å². The van der Waals surface area contributed by atoms with Gasteiger partial charge in [-0.05, 0) is 31.5 Å². The van der Waals surface area contributed by atoms with Crippen molar-refractivity contribution in [3.63, 3.8) is 0 Å². The molecule has 0 aliphatic carbocycles. The summed E-state index contributed by atoms with van der Waals surface area (Å²) in [5.41, 5.74) is 2.25. The molecular weight excluding hydrogens is 212 g/mol. The molecule has 1 aromatic carbocycles. The standard InChI is InChI=1S/C13H16N4/c1-3-14-13-15-9-8-12(17-13)16-11-7-5-4-6-10(11)2/h4-9H,3H2,1-2H3,(H2,14,15,16,17). The SMILES string of the molecule is CCNc1nccc(Nc2ccccc2C)n1. The number of aromatic nitrogens is 2. The van der Waals surface area contributed by atoms with E-state index in [1.54, 1.807) is 6.20 Å². The zero-order chi connectivity index (χ0) is 12.1. The second-order valence-electron chi connectivity index (χ2n) is 3.74. The van der Waals surface area contributed by atoms with Gasteiger partial charge < -0.3 is 10.6 Å². The van der Waals surface area contributed by atoms with Crippen molar-refractivity contribution in [3.05, 3.63) is 42.1 Å². The van der Waals surface area contributed by atoms with Gasteiger partial charge in [-0.2, -0.15) is 4.98 Å². The van der Waals surface area contributed by atoms with Crippen LogP contribution in [-0.2, 0) is 0 Å². The molecule has 88 valence electrons. The molecule has 1 aromatic heterocycles. The summed E-state index contributed by atoms with van der Waals surface area (Å²) in [7, 11) is 0. The monoisotopic (exact) mass is 228 g/mol.